The second-order valence-electron chi connectivity index (χ2n) is 3.35. The van der Waals surface area contributed by atoms with E-state index in [4.69, 9.17) is 5.73 Å². The number of aromatic nitrogens is 1. The van der Waals surface area contributed by atoms with E-state index in [1.807, 2.05) is 13.0 Å². The molecule has 16 heavy (non-hydrogen) atoms. The summed E-state index contributed by atoms with van der Waals surface area (Å²) in [7, 11) is 0. The number of hydrogen-bond donors (Lipinski definition) is 2. The van der Waals surface area contributed by atoms with Crippen LogP contribution in [0.1, 0.15) is 24.6 Å². The van der Waals surface area contributed by atoms with Crippen molar-refractivity contribution in [2.75, 3.05) is 11.9 Å². The van der Waals surface area contributed by atoms with Crippen molar-refractivity contribution in [3.8, 4) is 11.8 Å². The lowest BCUT2D eigenvalue weighted by Crippen LogP contribution is -2.08. The largest absolute Gasteiger partial charge is 0.330 e. The van der Waals surface area contributed by atoms with Crippen molar-refractivity contribution < 1.29 is 4.79 Å². The van der Waals surface area contributed by atoms with Crippen molar-refractivity contribution in [2.45, 2.75) is 20.3 Å². The normalized spacial score (nSPS) is 9.19. The minimum absolute atomic E-state index is 0.131. The lowest BCUT2D eigenvalue weighted by molar-refractivity contribution is -0.114. The number of amides is 1. The van der Waals surface area contributed by atoms with Gasteiger partial charge in [-0.05, 0) is 19.1 Å². The maximum absolute atomic E-state index is 10.8. The van der Waals surface area contributed by atoms with Crippen molar-refractivity contribution in [3.63, 3.8) is 0 Å². The molecule has 0 aliphatic rings. The van der Waals surface area contributed by atoms with Gasteiger partial charge in [-0.15, -0.1) is 0 Å². The number of nitrogens with two attached hydrogens (primary N) is 1. The standard InChI is InChI=1S/C12H15N3O/c1-9-11(5-3-4-8-13)6-7-12(14-9)15-10(2)16/h6-7H,4,8,13H2,1-2H3,(H,14,15,16). The van der Waals surface area contributed by atoms with E-state index in [1.165, 1.54) is 6.92 Å². The summed E-state index contributed by atoms with van der Waals surface area (Å²) >= 11 is 0. The van der Waals surface area contributed by atoms with Gasteiger partial charge in [-0.3, -0.25) is 4.79 Å². The number of carbonyl (C=O) groups excluding carboxylic acids is 1. The van der Waals surface area contributed by atoms with Crippen LogP contribution >= 0.6 is 0 Å². The van der Waals surface area contributed by atoms with Crippen LogP contribution in [0, 0.1) is 18.8 Å². The van der Waals surface area contributed by atoms with Gasteiger partial charge in [0.25, 0.3) is 0 Å². The van der Waals surface area contributed by atoms with Crippen molar-refractivity contribution in [1.29, 1.82) is 0 Å². The van der Waals surface area contributed by atoms with Crippen LogP contribution in [0.3, 0.4) is 0 Å². The maximum atomic E-state index is 10.8. The Morgan fingerprint density at radius 2 is 2.31 bits per heavy atom. The van der Waals surface area contributed by atoms with Gasteiger partial charge in [0.05, 0.1) is 5.69 Å². The molecular weight excluding hydrogens is 202 g/mol. The summed E-state index contributed by atoms with van der Waals surface area (Å²) in [4.78, 5) is 15.1. The van der Waals surface area contributed by atoms with Gasteiger partial charge < -0.3 is 11.1 Å². The summed E-state index contributed by atoms with van der Waals surface area (Å²) in [6.45, 7) is 3.87. The number of nitrogens with one attached hydrogen (secondary N) is 1. The van der Waals surface area contributed by atoms with E-state index < -0.39 is 0 Å². The van der Waals surface area contributed by atoms with Crippen molar-refractivity contribution >= 4 is 11.7 Å². The molecule has 1 aromatic rings. The van der Waals surface area contributed by atoms with E-state index in [9.17, 15) is 4.79 Å². The van der Waals surface area contributed by atoms with Crippen LogP contribution in [-0.4, -0.2) is 17.4 Å². The van der Waals surface area contributed by atoms with Crippen molar-refractivity contribution in [1.82, 2.24) is 4.98 Å². The molecule has 0 aromatic carbocycles. The molecule has 84 valence electrons. The summed E-state index contributed by atoms with van der Waals surface area (Å²) in [6.07, 6.45) is 0.673. The number of nitrogens with zero attached hydrogens (tertiary/aromatic N) is 1. The van der Waals surface area contributed by atoms with E-state index in [2.05, 4.69) is 22.1 Å². The zero-order valence-electron chi connectivity index (χ0n) is 9.50. The third kappa shape index (κ3) is 3.71. The molecule has 0 bridgehead atoms. The first-order valence-electron chi connectivity index (χ1n) is 5.07. The highest BCUT2D eigenvalue weighted by molar-refractivity contribution is 5.87. The van der Waals surface area contributed by atoms with Gasteiger partial charge in [0.2, 0.25) is 5.91 Å². The number of aryl methyl sites for hydroxylation is 1. The fourth-order valence-electron chi connectivity index (χ4n) is 1.17. The molecule has 0 fully saturated rings. The van der Waals surface area contributed by atoms with Gasteiger partial charge in [-0.25, -0.2) is 4.98 Å². The summed E-state index contributed by atoms with van der Waals surface area (Å²) in [6, 6.07) is 3.58. The van der Waals surface area contributed by atoms with Gasteiger partial charge in [0.15, 0.2) is 0 Å². The Kier molecular flexibility index (Phi) is 4.49. The van der Waals surface area contributed by atoms with Crippen molar-refractivity contribution in [3.05, 3.63) is 23.4 Å². The van der Waals surface area contributed by atoms with E-state index in [0.717, 1.165) is 11.3 Å². The Morgan fingerprint density at radius 1 is 1.56 bits per heavy atom. The second kappa shape index (κ2) is 5.89. The van der Waals surface area contributed by atoms with Crippen LogP contribution in [0.5, 0.6) is 0 Å². The minimum Gasteiger partial charge on any atom is -0.330 e. The molecule has 0 saturated heterocycles. The van der Waals surface area contributed by atoms with E-state index in [0.29, 0.717) is 18.8 Å². The number of pyridine rings is 1. The van der Waals surface area contributed by atoms with Gasteiger partial charge in [-0.2, -0.15) is 0 Å². The van der Waals surface area contributed by atoms with E-state index in [-0.39, 0.29) is 5.91 Å². The van der Waals surface area contributed by atoms with Crippen LogP contribution < -0.4 is 11.1 Å². The Labute approximate surface area is 95.3 Å². The molecule has 0 radical (unpaired) electrons. The Morgan fingerprint density at radius 3 is 2.88 bits per heavy atom. The quantitative estimate of drug-likeness (QED) is 0.727. The predicted molar refractivity (Wildman–Crippen MR) is 63.8 cm³/mol. The van der Waals surface area contributed by atoms with Crippen LogP contribution in [0.15, 0.2) is 12.1 Å². The lowest BCUT2D eigenvalue weighted by atomic mass is 10.2. The molecule has 1 rings (SSSR count). The van der Waals surface area contributed by atoms with Crippen LogP contribution in [0.25, 0.3) is 0 Å². The summed E-state index contributed by atoms with van der Waals surface area (Å²) in [5.41, 5.74) is 7.01. The van der Waals surface area contributed by atoms with E-state index >= 15 is 0 Å². The molecule has 0 atom stereocenters. The first-order valence-corrected chi connectivity index (χ1v) is 5.07. The third-order valence-corrected chi connectivity index (χ3v) is 1.88. The lowest BCUT2D eigenvalue weighted by Gasteiger charge is -2.03. The van der Waals surface area contributed by atoms with Crippen LogP contribution in [-0.2, 0) is 4.79 Å². The molecule has 0 aliphatic heterocycles. The number of hydrogen-bond acceptors (Lipinski definition) is 3. The molecule has 1 amide bonds. The smallest absolute Gasteiger partial charge is 0.222 e. The topological polar surface area (TPSA) is 68.0 Å². The molecule has 0 aliphatic carbocycles. The molecule has 1 heterocycles. The second-order valence-corrected chi connectivity index (χ2v) is 3.35. The zero-order chi connectivity index (χ0) is 12.0. The summed E-state index contributed by atoms with van der Waals surface area (Å²) in [5.74, 6) is 6.36. The van der Waals surface area contributed by atoms with Gasteiger partial charge in [-0.1, -0.05) is 11.8 Å². The Balaban J connectivity index is 2.84. The van der Waals surface area contributed by atoms with Gasteiger partial charge in [0, 0.05) is 25.5 Å². The van der Waals surface area contributed by atoms with E-state index in [1.54, 1.807) is 6.07 Å². The van der Waals surface area contributed by atoms with Crippen molar-refractivity contribution in [2.24, 2.45) is 5.73 Å². The molecule has 0 unspecified atom stereocenters. The van der Waals surface area contributed by atoms with Crippen LogP contribution in [0.4, 0.5) is 5.82 Å². The summed E-state index contributed by atoms with van der Waals surface area (Å²) < 4.78 is 0. The average molecular weight is 217 g/mol. The fourth-order valence-corrected chi connectivity index (χ4v) is 1.17. The first-order chi connectivity index (χ1) is 7.63. The van der Waals surface area contributed by atoms with Gasteiger partial charge in [0.1, 0.15) is 5.82 Å². The molecule has 0 spiro atoms. The molecule has 4 heteroatoms. The van der Waals surface area contributed by atoms with Crippen LogP contribution in [0.2, 0.25) is 0 Å². The molecule has 1 aromatic heterocycles. The molecule has 3 N–H and O–H groups in total. The minimum atomic E-state index is -0.131. The maximum Gasteiger partial charge on any atom is 0.222 e. The molecule has 4 nitrogen and oxygen atoms in total. The third-order valence-electron chi connectivity index (χ3n) is 1.88. The SMILES string of the molecule is CC(=O)Nc1ccc(C#CCCN)c(C)n1. The highest BCUT2D eigenvalue weighted by Crippen LogP contribution is 2.09. The number of anilines is 1. The predicted octanol–water partition coefficient (Wildman–Crippen LogP) is 1.05. The number of rotatable bonds is 2. The Bertz CT molecular complexity index is 443. The Hall–Kier alpha value is -1.86. The highest BCUT2D eigenvalue weighted by atomic mass is 16.1. The summed E-state index contributed by atoms with van der Waals surface area (Å²) in [5, 5.41) is 2.62. The van der Waals surface area contributed by atoms with Gasteiger partial charge >= 0.3 is 0 Å². The fraction of sp³-hybridized carbons (Fsp3) is 0.333. The first kappa shape index (κ1) is 12.2. The average Bonchev–Trinajstić information content (AvgIpc) is 2.20. The zero-order valence-corrected chi connectivity index (χ0v) is 9.50. The molecular formula is C12H15N3O. The number of carbonyl (C=O) groups is 1. The monoisotopic (exact) mass is 217 g/mol. The molecule has 0 saturated carbocycles. The highest BCUT2D eigenvalue weighted by Gasteiger charge is 2.00.